The summed E-state index contributed by atoms with van der Waals surface area (Å²) in [5, 5.41) is 4.65. The highest BCUT2D eigenvalue weighted by atomic mass is 16.2. The van der Waals surface area contributed by atoms with Crippen LogP contribution < -0.4 is 0 Å². The van der Waals surface area contributed by atoms with Crippen LogP contribution in [0.25, 0.3) is 5.69 Å². The molecule has 0 atom stereocenters. The summed E-state index contributed by atoms with van der Waals surface area (Å²) in [4.78, 5) is 29.4. The van der Waals surface area contributed by atoms with Gasteiger partial charge in [0.2, 0.25) is 11.8 Å². The summed E-state index contributed by atoms with van der Waals surface area (Å²) < 4.78 is 1.89. The van der Waals surface area contributed by atoms with Gasteiger partial charge in [-0.2, -0.15) is 5.10 Å². The molecule has 0 unspecified atom stereocenters. The monoisotopic (exact) mass is 416 g/mol. The van der Waals surface area contributed by atoms with Gasteiger partial charge in [-0.3, -0.25) is 9.59 Å². The molecule has 1 aliphatic heterocycles. The van der Waals surface area contributed by atoms with Gasteiger partial charge in [0.05, 0.1) is 17.8 Å². The van der Waals surface area contributed by atoms with Gasteiger partial charge in [0, 0.05) is 43.9 Å². The smallest absolute Gasteiger partial charge is 0.227 e. The van der Waals surface area contributed by atoms with E-state index in [1.807, 2.05) is 89.0 Å². The Hall–Kier alpha value is -3.41. The molecule has 0 radical (unpaired) electrons. The normalized spacial score (nSPS) is 14.6. The highest BCUT2D eigenvalue weighted by Crippen LogP contribution is 2.20. The van der Waals surface area contributed by atoms with E-state index < -0.39 is 0 Å². The summed E-state index contributed by atoms with van der Waals surface area (Å²) in [6.07, 6.45) is 0.664. The van der Waals surface area contributed by atoms with Crippen molar-refractivity contribution in [2.75, 3.05) is 19.6 Å². The zero-order valence-corrected chi connectivity index (χ0v) is 18.1. The number of para-hydroxylation sites is 1. The Morgan fingerprint density at radius 2 is 1.61 bits per heavy atom. The van der Waals surface area contributed by atoms with Crippen molar-refractivity contribution in [3.63, 3.8) is 0 Å². The van der Waals surface area contributed by atoms with Crippen LogP contribution in [0.15, 0.2) is 60.7 Å². The number of amides is 2. The Morgan fingerprint density at radius 3 is 2.32 bits per heavy atom. The van der Waals surface area contributed by atoms with Crippen molar-refractivity contribution in [3.05, 3.63) is 83.2 Å². The second-order valence-electron chi connectivity index (χ2n) is 8.01. The molecule has 6 heteroatoms. The van der Waals surface area contributed by atoms with Crippen LogP contribution in [0.1, 0.15) is 28.9 Å². The number of aryl methyl sites for hydroxylation is 1. The molecule has 1 aromatic heterocycles. The largest absolute Gasteiger partial charge is 0.340 e. The van der Waals surface area contributed by atoms with Crippen molar-refractivity contribution in [1.82, 2.24) is 19.6 Å². The van der Waals surface area contributed by atoms with Crippen molar-refractivity contribution < 1.29 is 9.59 Å². The Kier molecular flexibility index (Phi) is 6.16. The maximum absolute atomic E-state index is 13.1. The lowest BCUT2D eigenvalue weighted by molar-refractivity contribution is -0.130. The van der Waals surface area contributed by atoms with Gasteiger partial charge in [0.25, 0.3) is 0 Å². The van der Waals surface area contributed by atoms with Gasteiger partial charge in [-0.05, 0) is 31.5 Å². The molecule has 31 heavy (non-hydrogen) atoms. The molecule has 0 bridgehead atoms. The first-order chi connectivity index (χ1) is 15.0. The maximum atomic E-state index is 13.1. The molecule has 1 aliphatic rings. The van der Waals surface area contributed by atoms with E-state index in [4.69, 9.17) is 0 Å². The third-order valence-corrected chi connectivity index (χ3v) is 5.93. The Morgan fingerprint density at radius 1 is 0.935 bits per heavy atom. The molecule has 0 N–H and O–H groups in total. The summed E-state index contributed by atoms with van der Waals surface area (Å²) in [7, 11) is 0. The van der Waals surface area contributed by atoms with E-state index >= 15 is 0 Å². The Balaban J connectivity index is 1.44. The molecule has 6 nitrogen and oxygen atoms in total. The Labute approximate surface area is 183 Å². The molecule has 160 valence electrons. The van der Waals surface area contributed by atoms with Crippen molar-refractivity contribution in [2.45, 2.75) is 33.2 Å². The molecule has 2 aromatic carbocycles. The second-order valence-corrected chi connectivity index (χ2v) is 8.01. The fraction of sp³-hybridized carbons (Fsp3) is 0.320. The van der Waals surface area contributed by atoms with Crippen molar-refractivity contribution in [2.24, 2.45) is 0 Å². The zero-order valence-electron chi connectivity index (χ0n) is 18.1. The van der Waals surface area contributed by atoms with E-state index in [1.54, 1.807) is 0 Å². The molecule has 4 rings (SSSR count). The van der Waals surface area contributed by atoms with Gasteiger partial charge in [-0.15, -0.1) is 0 Å². The van der Waals surface area contributed by atoms with Crippen LogP contribution >= 0.6 is 0 Å². The van der Waals surface area contributed by atoms with Gasteiger partial charge in [0.1, 0.15) is 0 Å². The minimum absolute atomic E-state index is 0.0492. The van der Waals surface area contributed by atoms with Gasteiger partial charge >= 0.3 is 0 Å². The van der Waals surface area contributed by atoms with Crippen LogP contribution in [0, 0.1) is 13.8 Å². The third-order valence-electron chi connectivity index (χ3n) is 5.93. The van der Waals surface area contributed by atoms with Crippen molar-refractivity contribution >= 4 is 11.8 Å². The number of aromatic nitrogens is 2. The number of nitrogens with zero attached hydrogens (tertiary/aromatic N) is 4. The topological polar surface area (TPSA) is 58.4 Å². The standard InChI is InChI=1S/C25H28N4O2/c1-19-23(20(2)29(26-19)22-11-7-4-8-12-22)17-25(31)27-14-13-24(30)28(16-15-27)18-21-9-5-3-6-10-21/h3-12H,13-18H2,1-2H3. The average Bonchev–Trinajstić information content (AvgIpc) is 2.94. The van der Waals surface area contributed by atoms with E-state index in [2.05, 4.69) is 5.10 Å². The van der Waals surface area contributed by atoms with Gasteiger partial charge < -0.3 is 9.80 Å². The lowest BCUT2D eigenvalue weighted by Crippen LogP contribution is -2.36. The summed E-state index contributed by atoms with van der Waals surface area (Å²) >= 11 is 0. The lowest BCUT2D eigenvalue weighted by Gasteiger charge is -2.22. The molecule has 2 heterocycles. The predicted octanol–water partition coefficient (Wildman–Crippen LogP) is 3.29. The van der Waals surface area contributed by atoms with Crippen LogP contribution in [0.3, 0.4) is 0 Å². The summed E-state index contributed by atoms with van der Waals surface area (Å²) in [6, 6.07) is 19.9. The van der Waals surface area contributed by atoms with Crippen molar-refractivity contribution in [3.8, 4) is 5.69 Å². The molecule has 0 aliphatic carbocycles. The molecule has 0 spiro atoms. The van der Waals surface area contributed by atoms with E-state index in [0.717, 1.165) is 28.2 Å². The molecule has 3 aromatic rings. The lowest BCUT2D eigenvalue weighted by atomic mass is 10.1. The third kappa shape index (κ3) is 4.68. The second kappa shape index (κ2) is 9.16. The number of carbonyl (C=O) groups excluding carboxylic acids is 2. The number of hydrogen-bond donors (Lipinski definition) is 0. The highest BCUT2D eigenvalue weighted by Gasteiger charge is 2.25. The first-order valence-corrected chi connectivity index (χ1v) is 10.7. The van der Waals surface area contributed by atoms with Crippen molar-refractivity contribution in [1.29, 1.82) is 0 Å². The Bertz CT molecular complexity index is 1060. The van der Waals surface area contributed by atoms with E-state index in [0.29, 0.717) is 39.0 Å². The fourth-order valence-electron chi connectivity index (χ4n) is 4.10. The molecule has 2 amide bonds. The van der Waals surface area contributed by atoms with E-state index in [9.17, 15) is 9.59 Å². The fourth-order valence-corrected chi connectivity index (χ4v) is 4.10. The van der Waals surface area contributed by atoms with Crippen LogP contribution in [0.2, 0.25) is 0 Å². The van der Waals surface area contributed by atoms with E-state index in [-0.39, 0.29) is 11.8 Å². The molecule has 1 fully saturated rings. The maximum Gasteiger partial charge on any atom is 0.227 e. The first kappa shape index (κ1) is 20.8. The summed E-state index contributed by atoms with van der Waals surface area (Å²) in [5.41, 5.74) is 4.90. The van der Waals surface area contributed by atoms with E-state index in [1.165, 1.54) is 0 Å². The molecular weight excluding hydrogens is 388 g/mol. The van der Waals surface area contributed by atoms with Crippen LogP contribution in [0.5, 0.6) is 0 Å². The minimum Gasteiger partial charge on any atom is -0.340 e. The van der Waals surface area contributed by atoms with Crippen LogP contribution in [0.4, 0.5) is 0 Å². The number of hydrogen-bond acceptors (Lipinski definition) is 3. The summed E-state index contributed by atoms with van der Waals surface area (Å²) in [6.45, 7) is 6.12. The number of carbonyl (C=O) groups is 2. The predicted molar refractivity (Wildman–Crippen MR) is 120 cm³/mol. The van der Waals surface area contributed by atoms with Gasteiger partial charge in [-0.1, -0.05) is 48.5 Å². The zero-order chi connectivity index (χ0) is 21.8. The molecule has 0 saturated carbocycles. The SMILES string of the molecule is Cc1nn(-c2ccccc2)c(C)c1CC(=O)N1CCC(=O)N(Cc2ccccc2)CC1. The number of benzene rings is 2. The minimum atomic E-state index is 0.0492. The van der Waals surface area contributed by atoms with Crippen LogP contribution in [-0.4, -0.2) is 51.0 Å². The highest BCUT2D eigenvalue weighted by molar-refractivity contribution is 5.82. The quantitative estimate of drug-likeness (QED) is 0.641. The summed E-state index contributed by atoms with van der Waals surface area (Å²) in [5.74, 6) is 0.150. The molecule has 1 saturated heterocycles. The van der Waals surface area contributed by atoms with Crippen LogP contribution in [-0.2, 0) is 22.6 Å². The first-order valence-electron chi connectivity index (χ1n) is 10.7. The number of rotatable bonds is 5. The molecular formula is C25H28N4O2. The van der Waals surface area contributed by atoms with Gasteiger partial charge in [-0.25, -0.2) is 4.68 Å². The van der Waals surface area contributed by atoms with Gasteiger partial charge in [0.15, 0.2) is 0 Å². The average molecular weight is 417 g/mol.